The Kier molecular flexibility index (Phi) is 4.83. The van der Waals surface area contributed by atoms with Gasteiger partial charge in [0, 0.05) is 19.0 Å². The van der Waals surface area contributed by atoms with Gasteiger partial charge in [-0.2, -0.15) is 0 Å². The van der Waals surface area contributed by atoms with Gasteiger partial charge in [0.15, 0.2) is 0 Å². The highest BCUT2D eigenvalue weighted by Gasteiger charge is 2.25. The Labute approximate surface area is 135 Å². The summed E-state index contributed by atoms with van der Waals surface area (Å²) >= 11 is 1.74. The molecular formula is C17H21N3OS. The van der Waals surface area contributed by atoms with Crippen LogP contribution in [0.1, 0.15) is 24.8 Å². The third-order valence-electron chi connectivity index (χ3n) is 3.99. The van der Waals surface area contributed by atoms with Gasteiger partial charge in [0.25, 0.3) is 0 Å². The molecule has 1 saturated heterocycles. The van der Waals surface area contributed by atoms with Crippen LogP contribution >= 0.6 is 11.8 Å². The molecule has 116 valence electrons. The molecule has 0 unspecified atom stereocenters. The normalized spacial score (nSPS) is 17.7. The first-order valence-corrected chi connectivity index (χ1v) is 8.62. The highest BCUT2D eigenvalue weighted by atomic mass is 32.2. The summed E-state index contributed by atoms with van der Waals surface area (Å²) in [5, 5.41) is 1.01. The molecule has 1 aromatic carbocycles. The van der Waals surface area contributed by atoms with E-state index in [0.29, 0.717) is 5.92 Å². The monoisotopic (exact) mass is 315 g/mol. The number of methoxy groups -OCH3 is 1. The van der Waals surface area contributed by atoms with Gasteiger partial charge in [0.1, 0.15) is 16.6 Å². The molecule has 2 aromatic rings. The lowest BCUT2D eigenvalue weighted by Crippen LogP contribution is -2.20. The fourth-order valence-electron chi connectivity index (χ4n) is 2.82. The molecule has 0 spiro atoms. The molecule has 5 heteroatoms. The third kappa shape index (κ3) is 3.35. The van der Waals surface area contributed by atoms with Crippen molar-refractivity contribution in [3.8, 4) is 5.75 Å². The summed E-state index contributed by atoms with van der Waals surface area (Å²) in [6.45, 7) is 4.17. The molecule has 0 saturated carbocycles. The van der Waals surface area contributed by atoms with Gasteiger partial charge in [-0.25, -0.2) is 4.98 Å². The van der Waals surface area contributed by atoms with E-state index in [4.69, 9.17) is 9.72 Å². The molecule has 0 aliphatic carbocycles. The zero-order valence-electron chi connectivity index (χ0n) is 13.0. The maximum atomic E-state index is 5.23. The Morgan fingerprint density at radius 2 is 2.09 bits per heavy atom. The maximum absolute atomic E-state index is 5.23. The summed E-state index contributed by atoms with van der Waals surface area (Å²) in [4.78, 5) is 11.4. The predicted octanol–water partition coefficient (Wildman–Crippen LogP) is 3.59. The summed E-state index contributed by atoms with van der Waals surface area (Å²) < 4.78 is 5.23. The fourth-order valence-corrected chi connectivity index (χ4v) is 3.41. The molecule has 0 radical (unpaired) electrons. The number of thioether (sulfide) groups is 1. The van der Waals surface area contributed by atoms with Crippen molar-refractivity contribution in [2.45, 2.75) is 24.3 Å². The molecule has 1 fully saturated rings. The van der Waals surface area contributed by atoms with Gasteiger partial charge >= 0.3 is 0 Å². The second-order valence-electron chi connectivity index (χ2n) is 5.35. The van der Waals surface area contributed by atoms with Crippen LogP contribution in [-0.4, -0.2) is 35.9 Å². The van der Waals surface area contributed by atoms with Crippen molar-refractivity contribution < 1.29 is 4.74 Å². The van der Waals surface area contributed by atoms with Crippen molar-refractivity contribution in [1.29, 1.82) is 0 Å². The Morgan fingerprint density at radius 3 is 2.82 bits per heavy atom. The predicted molar refractivity (Wildman–Crippen MR) is 91.0 cm³/mol. The van der Waals surface area contributed by atoms with Crippen molar-refractivity contribution in [3.05, 3.63) is 42.2 Å². The Bertz CT molecular complexity index is 618. The number of nitrogens with zero attached hydrogens (tertiary/aromatic N) is 3. The summed E-state index contributed by atoms with van der Waals surface area (Å²) in [6, 6.07) is 8.41. The molecule has 3 rings (SSSR count). The molecule has 4 nitrogen and oxygen atoms in total. The Morgan fingerprint density at radius 1 is 1.27 bits per heavy atom. The summed E-state index contributed by atoms with van der Waals surface area (Å²) in [6.07, 6.45) is 4.87. The van der Waals surface area contributed by atoms with E-state index in [1.54, 1.807) is 18.9 Å². The maximum Gasteiger partial charge on any atom is 0.148 e. The van der Waals surface area contributed by atoms with Gasteiger partial charge in [-0.15, -0.1) is 11.8 Å². The first-order chi connectivity index (χ1) is 10.8. The van der Waals surface area contributed by atoms with Crippen molar-refractivity contribution in [3.63, 3.8) is 0 Å². The molecule has 2 heterocycles. The average molecular weight is 315 g/mol. The molecule has 0 N–H and O–H groups in total. The van der Waals surface area contributed by atoms with Crippen LogP contribution in [0.15, 0.2) is 41.7 Å². The molecule has 1 atom stereocenters. The summed E-state index contributed by atoms with van der Waals surface area (Å²) in [5.74, 6) is 3.48. The fraction of sp³-hybridized carbons (Fsp3) is 0.412. The molecule has 1 aliphatic rings. The molecule has 0 amide bonds. The topological polar surface area (TPSA) is 38.2 Å². The van der Waals surface area contributed by atoms with Gasteiger partial charge in [-0.3, -0.25) is 4.98 Å². The van der Waals surface area contributed by atoms with E-state index in [-0.39, 0.29) is 0 Å². The zero-order valence-corrected chi connectivity index (χ0v) is 13.8. The highest BCUT2D eigenvalue weighted by Crippen LogP contribution is 2.31. The SMILES string of the molecule is CCSc1cncc(N2CC[C@H](c3ccc(OC)cc3)C2)n1. The lowest BCUT2D eigenvalue weighted by molar-refractivity contribution is 0.414. The van der Waals surface area contributed by atoms with E-state index in [1.165, 1.54) is 5.56 Å². The molecule has 1 aliphatic heterocycles. The van der Waals surface area contributed by atoms with Crippen molar-refractivity contribution in [1.82, 2.24) is 9.97 Å². The first kappa shape index (κ1) is 15.2. The number of aromatic nitrogens is 2. The number of benzene rings is 1. The lowest BCUT2D eigenvalue weighted by atomic mass is 9.98. The van der Waals surface area contributed by atoms with Crippen molar-refractivity contribution in [2.75, 3.05) is 30.9 Å². The van der Waals surface area contributed by atoms with E-state index in [9.17, 15) is 0 Å². The number of hydrogen-bond acceptors (Lipinski definition) is 5. The summed E-state index contributed by atoms with van der Waals surface area (Å²) in [5.41, 5.74) is 1.37. The molecule has 22 heavy (non-hydrogen) atoms. The van der Waals surface area contributed by atoms with Gasteiger partial charge in [0.05, 0.1) is 19.5 Å². The standard InChI is InChI=1S/C17H21N3OS/c1-3-22-17-11-18-10-16(19-17)20-9-8-14(12-20)13-4-6-15(21-2)7-5-13/h4-7,10-11,14H,3,8-9,12H2,1-2H3/t14-/m0/s1. The molecule has 0 bridgehead atoms. The second-order valence-corrected chi connectivity index (χ2v) is 6.64. The number of ether oxygens (including phenoxy) is 1. The largest absolute Gasteiger partial charge is 0.497 e. The van der Waals surface area contributed by atoms with E-state index < -0.39 is 0 Å². The van der Waals surface area contributed by atoms with Crippen LogP contribution in [0, 0.1) is 0 Å². The minimum absolute atomic E-state index is 0.551. The quantitative estimate of drug-likeness (QED) is 0.788. The van der Waals surface area contributed by atoms with Crippen molar-refractivity contribution >= 4 is 17.6 Å². The zero-order chi connectivity index (χ0) is 15.4. The van der Waals surface area contributed by atoms with Crippen LogP contribution in [0.25, 0.3) is 0 Å². The van der Waals surface area contributed by atoms with E-state index in [2.05, 4.69) is 28.9 Å². The van der Waals surface area contributed by atoms with Crippen LogP contribution in [0.3, 0.4) is 0 Å². The third-order valence-corrected chi connectivity index (χ3v) is 4.77. The molecule has 1 aromatic heterocycles. The van der Waals surface area contributed by atoms with Crippen molar-refractivity contribution in [2.24, 2.45) is 0 Å². The van der Waals surface area contributed by atoms with Gasteiger partial charge < -0.3 is 9.64 Å². The van der Waals surface area contributed by atoms with Crippen LogP contribution in [0.4, 0.5) is 5.82 Å². The second kappa shape index (κ2) is 7.01. The average Bonchev–Trinajstić information content (AvgIpc) is 3.06. The first-order valence-electron chi connectivity index (χ1n) is 7.64. The van der Waals surface area contributed by atoms with E-state index >= 15 is 0 Å². The number of rotatable bonds is 5. The van der Waals surface area contributed by atoms with Gasteiger partial charge in [0.2, 0.25) is 0 Å². The minimum atomic E-state index is 0.551. The van der Waals surface area contributed by atoms with Crippen LogP contribution in [-0.2, 0) is 0 Å². The van der Waals surface area contributed by atoms with Crippen LogP contribution < -0.4 is 9.64 Å². The Hall–Kier alpha value is -1.75. The molecular weight excluding hydrogens is 294 g/mol. The summed E-state index contributed by atoms with van der Waals surface area (Å²) in [7, 11) is 1.70. The Balaban J connectivity index is 1.69. The van der Waals surface area contributed by atoms with Gasteiger partial charge in [-0.05, 0) is 29.9 Å². The minimum Gasteiger partial charge on any atom is -0.497 e. The number of anilines is 1. The van der Waals surface area contributed by atoms with E-state index in [1.807, 2.05) is 24.5 Å². The van der Waals surface area contributed by atoms with Crippen LogP contribution in [0.2, 0.25) is 0 Å². The van der Waals surface area contributed by atoms with Gasteiger partial charge in [-0.1, -0.05) is 19.1 Å². The lowest BCUT2D eigenvalue weighted by Gasteiger charge is -2.18. The number of hydrogen-bond donors (Lipinski definition) is 0. The van der Waals surface area contributed by atoms with E-state index in [0.717, 1.165) is 41.9 Å². The highest BCUT2D eigenvalue weighted by molar-refractivity contribution is 7.99. The smallest absolute Gasteiger partial charge is 0.148 e. The van der Waals surface area contributed by atoms with Crippen LogP contribution in [0.5, 0.6) is 5.75 Å².